The summed E-state index contributed by atoms with van der Waals surface area (Å²) >= 11 is 0. The molecular weight excluding hydrogens is 206 g/mol. The van der Waals surface area contributed by atoms with Crippen molar-refractivity contribution in [2.75, 3.05) is 6.61 Å². The summed E-state index contributed by atoms with van der Waals surface area (Å²) in [5.74, 6) is -2.64. The lowest BCUT2D eigenvalue weighted by molar-refractivity contribution is -0.153. The molecule has 0 saturated heterocycles. The monoisotopic (exact) mass is 216 g/mol. The highest BCUT2D eigenvalue weighted by Crippen LogP contribution is 2.17. The summed E-state index contributed by atoms with van der Waals surface area (Å²) in [7, 11) is 0. The largest absolute Gasteiger partial charge is 0.464 e. The molecule has 0 spiro atoms. The third kappa shape index (κ3) is 2.99. The van der Waals surface area contributed by atoms with Gasteiger partial charge in [-0.2, -0.15) is 0 Å². The number of carbonyl (C=O) groups excluding carboxylic acids is 1. The summed E-state index contributed by atoms with van der Waals surface area (Å²) in [6.07, 6.45) is -1.66. The van der Waals surface area contributed by atoms with E-state index < -0.39 is 23.7 Å². The van der Waals surface area contributed by atoms with Crippen LogP contribution in [-0.2, 0) is 9.53 Å². The van der Waals surface area contributed by atoms with Gasteiger partial charge in [0, 0.05) is 6.07 Å². The van der Waals surface area contributed by atoms with E-state index in [-0.39, 0.29) is 12.2 Å². The molecule has 3 nitrogen and oxygen atoms in total. The van der Waals surface area contributed by atoms with E-state index >= 15 is 0 Å². The van der Waals surface area contributed by atoms with Crippen molar-refractivity contribution in [3.05, 3.63) is 35.4 Å². The minimum atomic E-state index is -1.66. The molecule has 0 aliphatic heterocycles. The number of aliphatic hydroxyl groups excluding tert-OH is 1. The molecule has 0 fully saturated rings. The van der Waals surface area contributed by atoms with E-state index in [1.165, 1.54) is 0 Å². The number of halogens is 2. The Bertz CT molecular complexity index is 345. The fourth-order valence-corrected chi connectivity index (χ4v) is 1.09. The molecule has 1 rings (SSSR count). The minimum absolute atomic E-state index is 0.0910. The van der Waals surface area contributed by atoms with Gasteiger partial charge in [0.2, 0.25) is 0 Å². The van der Waals surface area contributed by atoms with Crippen LogP contribution >= 0.6 is 0 Å². The maximum Gasteiger partial charge on any atom is 0.339 e. The summed E-state index contributed by atoms with van der Waals surface area (Å²) < 4.78 is 30.0. The Hall–Kier alpha value is -1.49. The van der Waals surface area contributed by atoms with Gasteiger partial charge in [-0.15, -0.1) is 0 Å². The molecule has 1 N–H and O–H groups in total. The lowest BCUT2D eigenvalue weighted by Crippen LogP contribution is -2.15. The average molecular weight is 216 g/mol. The first-order valence-corrected chi connectivity index (χ1v) is 4.35. The number of hydrogen-bond acceptors (Lipinski definition) is 3. The molecule has 0 aliphatic rings. The fraction of sp³-hybridized carbons (Fsp3) is 0.300. The first-order valence-electron chi connectivity index (χ1n) is 4.35. The predicted molar refractivity (Wildman–Crippen MR) is 48.0 cm³/mol. The summed E-state index contributed by atoms with van der Waals surface area (Å²) in [6.45, 7) is 1.66. The first-order chi connectivity index (χ1) is 7.04. The average Bonchev–Trinajstić information content (AvgIpc) is 2.15. The molecule has 0 amide bonds. The predicted octanol–water partition coefficient (Wildman–Crippen LogP) is 1.56. The lowest BCUT2D eigenvalue weighted by Gasteiger charge is -2.09. The number of esters is 1. The van der Waals surface area contributed by atoms with Gasteiger partial charge >= 0.3 is 5.97 Å². The number of aliphatic hydroxyl groups is 1. The molecular formula is C10H10F2O3. The minimum Gasteiger partial charge on any atom is -0.464 e. The van der Waals surface area contributed by atoms with E-state index in [1.54, 1.807) is 6.92 Å². The number of rotatable bonds is 3. The highest BCUT2D eigenvalue weighted by molar-refractivity contribution is 5.76. The van der Waals surface area contributed by atoms with Gasteiger partial charge in [0.25, 0.3) is 0 Å². The van der Waals surface area contributed by atoms with Crippen molar-refractivity contribution in [3.63, 3.8) is 0 Å². The molecule has 1 atom stereocenters. The Kier molecular flexibility index (Phi) is 3.74. The van der Waals surface area contributed by atoms with Gasteiger partial charge in [0.1, 0.15) is 11.6 Å². The molecule has 0 saturated carbocycles. The number of ether oxygens (including phenoxy) is 1. The highest BCUT2D eigenvalue weighted by atomic mass is 19.1. The van der Waals surface area contributed by atoms with Gasteiger partial charge in [-0.25, -0.2) is 13.6 Å². The Morgan fingerprint density at radius 1 is 1.40 bits per heavy atom. The highest BCUT2D eigenvalue weighted by Gasteiger charge is 2.19. The second-order valence-electron chi connectivity index (χ2n) is 2.86. The smallest absolute Gasteiger partial charge is 0.339 e. The molecule has 0 radical (unpaired) electrons. The van der Waals surface area contributed by atoms with E-state index in [0.29, 0.717) is 6.07 Å². The quantitative estimate of drug-likeness (QED) is 0.780. The first kappa shape index (κ1) is 11.6. The van der Waals surface area contributed by atoms with Crippen LogP contribution in [0.3, 0.4) is 0 Å². The Labute approximate surface area is 85.3 Å². The molecule has 1 aromatic carbocycles. The summed E-state index contributed by atoms with van der Waals surface area (Å²) in [5, 5.41) is 9.36. The van der Waals surface area contributed by atoms with Crippen molar-refractivity contribution in [1.29, 1.82) is 0 Å². The number of hydrogen-bond donors (Lipinski definition) is 1. The third-order valence-electron chi connectivity index (χ3n) is 1.71. The van der Waals surface area contributed by atoms with Crippen molar-refractivity contribution in [2.24, 2.45) is 0 Å². The van der Waals surface area contributed by atoms with Crippen LogP contribution in [0.2, 0.25) is 0 Å². The SMILES string of the molecule is CCOC(=O)[C@@H](O)c1cc(F)cc(F)c1. The van der Waals surface area contributed by atoms with Crippen molar-refractivity contribution < 1.29 is 23.4 Å². The molecule has 82 valence electrons. The molecule has 0 heterocycles. The zero-order chi connectivity index (χ0) is 11.4. The van der Waals surface area contributed by atoms with Gasteiger partial charge < -0.3 is 9.84 Å². The van der Waals surface area contributed by atoms with Crippen LogP contribution in [0.4, 0.5) is 8.78 Å². The van der Waals surface area contributed by atoms with Gasteiger partial charge in [-0.05, 0) is 24.6 Å². The van der Waals surface area contributed by atoms with Crippen LogP contribution in [0.1, 0.15) is 18.6 Å². The fourth-order valence-electron chi connectivity index (χ4n) is 1.09. The van der Waals surface area contributed by atoms with Crippen LogP contribution < -0.4 is 0 Å². The Balaban J connectivity index is 2.90. The molecule has 1 aromatic rings. The van der Waals surface area contributed by atoms with Crippen LogP contribution in [0.25, 0.3) is 0 Å². The summed E-state index contributed by atoms with van der Waals surface area (Å²) in [6, 6.07) is 2.41. The van der Waals surface area contributed by atoms with Gasteiger partial charge in [-0.1, -0.05) is 0 Å². The van der Waals surface area contributed by atoms with E-state index in [4.69, 9.17) is 0 Å². The molecule has 0 bridgehead atoms. The lowest BCUT2D eigenvalue weighted by atomic mass is 10.1. The van der Waals surface area contributed by atoms with Crippen LogP contribution in [-0.4, -0.2) is 17.7 Å². The molecule has 0 unspecified atom stereocenters. The Morgan fingerprint density at radius 3 is 2.40 bits per heavy atom. The topological polar surface area (TPSA) is 46.5 Å². The van der Waals surface area contributed by atoms with E-state index in [1.807, 2.05) is 0 Å². The number of carbonyl (C=O) groups is 1. The van der Waals surface area contributed by atoms with Gasteiger partial charge in [0.15, 0.2) is 6.10 Å². The zero-order valence-corrected chi connectivity index (χ0v) is 8.04. The maximum absolute atomic E-state index is 12.7. The third-order valence-corrected chi connectivity index (χ3v) is 1.71. The van der Waals surface area contributed by atoms with E-state index in [9.17, 15) is 18.7 Å². The zero-order valence-electron chi connectivity index (χ0n) is 8.04. The summed E-state index contributed by atoms with van der Waals surface area (Å²) in [5.41, 5.74) is -0.161. The second kappa shape index (κ2) is 4.84. The maximum atomic E-state index is 12.7. The van der Waals surface area contributed by atoms with E-state index in [0.717, 1.165) is 12.1 Å². The van der Waals surface area contributed by atoms with Crippen molar-refractivity contribution in [2.45, 2.75) is 13.0 Å². The molecule has 0 aromatic heterocycles. The van der Waals surface area contributed by atoms with Gasteiger partial charge in [0.05, 0.1) is 6.61 Å². The molecule has 15 heavy (non-hydrogen) atoms. The van der Waals surface area contributed by atoms with Crippen LogP contribution in [0.15, 0.2) is 18.2 Å². The number of benzene rings is 1. The standard InChI is InChI=1S/C10H10F2O3/c1-2-15-10(14)9(13)6-3-7(11)5-8(12)4-6/h3-5,9,13H,2H2,1H3/t9-/m0/s1. The normalized spacial score (nSPS) is 12.3. The second-order valence-corrected chi connectivity index (χ2v) is 2.86. The van der Waals surface area contributed by atoms with Crippen molar-refractivity contribution >= 4 is 5.97 Å². The summed E-state index contributed by atoms with van der Waals surface area (Å²) in [4.78, 5) is 11.0. The van der Waals surface area contributed by atoms with Crippen LogP contribution in [0.5, 0.6) is 0 Å². The van der Waals surface area contributed by atoms with Crippen molar-refractivity contribution in [3.8, 4) is 0 Å². The van der Waals surface area contributed by atoms with E-state index in [2.05, 4.69) is 4.74 Å². The molecule has 5 heteroatoms. The Morgan fingerprint density at radius 2 is 1.93 bits per heavy atom. The van der Waals surface area contributed by atoms with Crippen LogP contribution in [0, 0.1) is 11.6 Å². The molecule has 0 aliphatic carbocycles. The van der Waals surface area contributed by atoms with Crippen molar-refractivity contribution in [1.82, 2.24) is 0 Å². The van der Waals surface area contributed by atoms with Gasteiger partial charge in [-0.3, -0.25) is 0 Å².